The molecule has 6 heteroatoms. The molecule has 0 atom stereocenters. The molecule has 1 N–H and O–H groups in total. The number of pyridine rings is 1. The van der Waals surface area contributed by atoms with Gasteiger partial charge < -0.3 is 14.6 Å². The van der Waals surface area contributed by atoms with Gasteiger partial charge in [-0.1, -0.05) is 18.2 Å². The predicted molar refractivity (Wildman–Crippen MR) is 76.2 cm³/mol. The first-order valence-corrected chi connectivity index (χ1v) is 6.32. The molecule has 0 spiro atoms. The van der Waals surface area contributed by atoms with Crippen LogP contribution in [-0.4, -0.2) is 29.4 Å². The molecule has 0 aliphatic heterocycles. The van der Waals surface area contributed by atoms with E-state index in [1.807, 2.05) is 6.07 Å². The number of aromatic carboxylic acids is 1. The number of aromatic nitrogens is 1. The third-order valence-corrected chi connectivity index (χ3v) is 2.91. The molecule has 0 aliphatic rings. The number of nitrogens with zero attached hydrogens (tertiary/aromatic N) is 1. The van der Waals surface area contributed by atoms with E-state index in [4.69, 9.17) is 14.6 Å². The van der Waals surface area contributed by atoms with E-state index in [1.165, 1.54) is 25.3 Å². The molecule has 0 bridgehead atoms. The molecule has 0 saturated heterocycles. The van der Waals surface area contributed by atoms with Crippen LogP contribution in [0.5, 0.6) is 11.5 Å². The second-order valence-electron chi connectivity index (χ2n) is 4.21. The van der Waals surface area contributed by atoms with Crippen molar-refractivity contribution in [3.05, 3.63) is 58.5 Å². The van der Waals surface area contributed by atoms with Gasteiger partial charge in [-0.25, -0.2) is 4.79 Å². The van der Waals surface area contributed by atoms with E-state index in [2.05, 4.69) is 0 Å². The summed E-state index contributed by atoms with van der Waals surface area (Å²) >= 11 is 0. The molecule has 0 aliphatic carbocycles. The van der Waals surface area contributed by atoms with Crippen molar-refractivity contribution in [1.82, 2.24) is 4.57 Å². The Balaban J connectivity index is 2.11. The molecule has 1 heterocycles. The fraction of sp³-hybridized carbons (Fsp3) is 0.200. The van der Waals surface area contributed by atoms with Gasteiger partial charge >= 0.3 is 5.97 Å². The Morgan fingerprint density at radius 3 is 2.52 bits per heavy atom. The fourth-order valence-corrected chi connectivity index (χ4v) is 1.92. The molecule has 0 amide bonds. The van der Waals surface area contributed by atoms with Crippen LogP contribution in [0.1, 0.15) is 10.5 Å². The minimum absolute atomic E-state index is 0.0638. The molecule has 0 saturated carbocycles. The van der Waals surface area contributed by atoms with Gasteiger partial charge in [-0.15, -0.1) is 0 Å². The maximum Gasteiger partial charge on any atom is 0.352 e. The topological polar surface area (TPSA) is 77.8 Å². The first-order valence-electron chi connectivity index (χ1n) is 6.32. The highest BCUT2D eigenvalue weighted by Gasteiger charge is 2.10. The number of para-hydroxylation sites is 2. The van der Waals surface area contributed by atoms with Crippen LogP contribution >= 0.6 is 0 Å². The zero-order chi connectivity index (χ0) is 15.2. The monoisotopic (exact) mass is 289 g/mol. The Morgan fingerprint density at radius 1 is 1.14 bits per heavy atom. The molecule has 110 valence electrons. The first-order chi connectivity index (χ1) is 10.1. The van der Waals surface area contributed by atoms with Crippen LogP contribution in [0.4, 0.5) is 0 Å². The van der Waals surface area contributed by atoms with Gasteiger partial charge in [-0.05, 0) is 18.2 Å². The highest BCUT2D eigenvalue weighted by Crippen LogP contribution is 2.25. The van der Waals surface area contributed by atoms with Crippen molar-refractivity contribution in [1.29, 1.82) is 0 Å². The fourth-order valence-electron chi connectivity index (χ4n) is 1.92. The van der Waals surface area contributed by atoms with Crippen molar-refractivity contribution in [2.45, 2.75) is 6.54 Å². The molecular weight excluding hydrogens is 274 g/mol. The van der Waals surface area contributed by atoms with E-state index in [1.54, 1.807) is 18.2 Å². The Morgan fingerprint density at radius 2 is 1.86 bits per heavy atom. The number of rotatable bonds is 6. The van der Waals surface area contributed by atoms with Crippen LogP contribution in [0.3, 0.4) is 0 Å². The molecule has 21 heavy (non-hydrogen) atoms. The van der Waals surface area contributed by atoms with Crippen LogP contribution in [0.15, 0.2) is 47.3 Å². The van der Waals surface area contributed by atoms with E-state index in [0.29, 0.717) is 11.5 Å². The zero-order valence-corrected chi connectivity index (χ0v) is 11.5. The lowest BCUT2D eigenvalue weighted by atomic mass is 10.3. The van der Waals surface area contributed by atoms with E-state index < -0.39 is 5.97 Å². The standard InChI is InChI=1S/C15H15NO5/c1-20-12-6-2-3-7-13(12)21-10-9-16-11(15(18)19)5-4-8-14(16)17/h2-8H,9-10H2,1H3,(H,18,19). The van der Waals surface area contributed by atoms with Crippen molar-refractivity contribution < 1.29 is 19.4 Å². The lowest BCUT2D eigenvalue weighted by molar-refractivity contribution is 0.0682. The van der Waals surface area contributed by atoms with E-state index in [-0.39, 0.29) is 24.4 Å². The van der Waals surface area contributed by atoms with Crippen molar-refractivity contribution >= 4 is 5.97 Å². The molecule has 0 radical (unpaired) electrons. The summed E-state index contributed by atoms with van der Waals surface area (Å²) in [6.07, 6.45) is 0. The molecule has 2 aromatic rings. The third-order valence-electron chi connectivity index (χ3n) is 2.91. The van der Waals surface area contributed by atoms with Crippen LogP contribution < -0.4 is 15.0 Å². The molecule has 1 aromatic heterocycles. The Kier molecular flexibility index (Phi) is 4.61. The minimum atomic E-state index is -1.15. The maximum absolute atomic E-state index is 11.7. The average molecular weight is 289 g/mol. The highest BCUT2D eigenvalue weighted by molar-refractivity contribution is 5.85. The van der Waals surface area contributed by atoms with Gasteiger partial charge in [0.05, 0.1) is 13.7 Å². The van der Waals surface area contributed by atoms with Crippen LogP contribution in [-0.2, 0) is 6.54 Å². The molecule has 6 nitrogen and oxygen atoms in total. The summed E-state index contributed by atoms with van der Waals surface area (Å²) in [5.74, 6) is -0.0257. The quantitative estimate of drug-likeness (QED) is 0.874. The SMILES string of the molecule is COc1ccccc1OCCn1c(C(=O)O)cccc1=O. The summed E-state index contributed by atoms with van der Waals surface area (Å²) in [6, 6.07) is 11.2. The maximum atomic E-state index is 11.7. The number of carboxylic acids is 1. The summed E-state index contributed by atoms with van der Waals surface area (Å²) in [7, 11) is 1.53. The Bertz CT molecular complexity index is 692. The van der Waals surface area contributed by atoms with Gasteiger partial charge in [0.2, 0.25) is 0 Å². The number of carbonyl (C=O) groups is 1. The van der Waals surface area contributed by atoms with Crippen LogP contribution in [0, 0.1) is 0 Å². The van der Waals surface area contributed by atoms with Gasteiger partial charge in [0.1, 0.15) is 12.3 Å². The smallest absolute Gasteiger partial charge is 0.352 e. The number of benzene rings is 1. The molecule has 2 rings (SSSR count). The average Bonchev–Trinajstić information content (AvgIpc) is 2.49. The number of hydrogen-bond acceptors (Lipinski definition) is 4. The summed E-state index contributed by atoms with van der Waals surface area (Å²) < 4.78 is 11.9. The van der Waals surface area contributed by atoms with Crippen molar-refractivity contribution in [2.24, 2.45) is 0 Å². The van der Waals surface area contributed by atoms with E-state index in [9.17, 15) is 9.59 Å². The molecular formula is C15H15NO5. The van der Waals surface area contributed by atoms with Crippen molar-refractivity contribution in [3.63, 3.8) is 0 Å². The number of hydrogen-bond donors (Lipinski definition) is 1. The van der Waals surface area contributed by atoms with E-state index in [0.717, 1.165) is 4.57 Å². The first kappa shape index (κ1) is 14.6. The van der Waals surface area contributed by atoms with Gasteiger partial charge in [-0.3, -0.25) is 9.36 Å². The zero-order valence-electron chi connectivity index (χ0n) is 11.5. The lowest BCUT2D eigenvalue weighted by Crippen LogP contribution is -2.27. The van der Waals surface area contributed by atoms with Gasteiger partial charge in [0, 0.05) is 6.07 Å². The van der Waals surface area contributed by atoms with Gasteiger partial charge in [0.25, 0.3) is 5.56 Å². The predicted octanol–water partition coefficient (Wildman–Crippen LogP) is 1.63. The Hall–Kier alpha value is -2.76. The van der Waals surface area contributed by atoms with Gasteiger partial charge in [0.15, 0.2) is 11.5 Å². The molecule has 0 unspecified atom stereocenters. The summed E-state index contributed by atoms with van der Waals surface area (Å²) in [6.45, 7) is 0.296. The normalized spacial score (nSPS) is 10.1. The van der Waals surface area contributed by atoms with E-state index >= 15 is 0 Å². The summed E-state index contributed by atoms with van der Waals surface area (Å²) in [4.78, 5) is 22.8. The lowest BCUT2D eigenvalue weighted by Gasteiger charge is -2.12. The Labute approximate surface area is 121 Å². The largest absolute Gasteiger partial charge is 0.493 e. The number of carboxylic acid groups (broad SMARTS) is 1. The number of methoxy groups -OCH3 is 1. The molecule has 1 aromatic carbocycles. The number of ether oxygens (including phenoxy) is 2. The van der Waals surface area contributed by atoms with Crippen molar-refractivity contribution in [2.75, 3.05) is 13.7 Å². The minimum Gasteiger partial charge on any atom is -0.493 e. The van der Waals surface area contributed by atoms with Crippen LogP contribution in [0.2, 0.25) is 0 Å². The summed E-state index contributed by atoms with van der Waals surface area (Å²) in [5, 5.41) is 9.07. The van der Waals surface area contributed by atoms with Gasteiger partial charge in [-0.2, -0.15) is 0 Å². The highest BCUT2D eigenvalue weighted by atomic mass is 16.5. The third kappa shape index (κ3) is 3.42. The second-order valence-corrected chi connectivity index (χ2v) is 4.21. The molecule has 0 fully saturated rings. The van der Waals surface area contributed by atoms with Crippen LogP contribution in [0.25, 0.3) is 0 Å². The summed E-state index contributed by atoms with van der Waals surface area (Å²) in [5.41, 5.74) is -0.440. The second kappa shape index (κ2) is 6.60. The van der Waals surface area contributed by atoms with Crippen molar-refractivity contribution in [3.8, 4) is 11.5 Å².